The fraction of sp³-hybridized carbons (Fsp3) is 0.111. The van der Waals surface area contributed by atoms with Crippen molar-refractivity contribution in [2.45, 2.75) is 11.1 Å². The summed E-state index contributed by atoms with van der Waals surface area (Å²) in [5.41, 5.74) is 0.392. The molecule has 1 unspecified atom stereocenters. The van der Waals surface area contributed by atoms with Crippen molar-refractivity contribution < 1.29 is 13.0 Å². The topological polar surface area (TPSA) is 108 Å². The fourth-order valence-electron chi connectivity index (χ4n) is 1.50. The lowest BCUT2D eigenvalue weighted by Gasteiger charge is -2.27. The molecule has 1 aromatic rings. The standard InChI is InChI=1S/C9H8Cl2N4O3S/c10-8-13-7(15(12)9(11)14-8)5-2-1-3-6(4-5)19(16,17)18/h1-4,7H,12H2,(H,16,17,18). The second-order valence-corrected chi connectivity index (χ2v) is 5.71. The number of halogens is 2. The molecule has 10 heteroatoms. The van der Waals surface area contributed by atoms with E-state index in [-0.39, 0.29) is 15.5 Å². The molecular formula is C9H8Cl2N4O3S. The van der Waals surface area contributed by atoms with E-state index in [1.807, 2.05) is 0 Å². The summed E-state index contributed by atoms with van der Waals surface area (Å²) in [7, 11) is -4.31. The van der Waals surface area contributed by atoms with E-state index in [1.54, 1.807) is 6.07 Å². The molecule has 0 saturated carbocycles. The zero-order valence-electron chi connectivity index (χ0n) is 9.23. The van der Waals surface area contributed by atoms with Crippen molar-refractivity contribution in [1.82, 2.24) is 5.01 Å². The molecule has 1 atom stereocenters. The van der Waals surface area contributed by atoms with E-state index in [0.717, 1.165) is 5.01 Å². The quantitative estimate of drug-likeness (QED) is 0.485. The van der Waals surface area contributed by atoms with E-state index in [0.29, 0.717) is 5.56 Å². The Labute approximate surface area is 119 Å². The van der Waals surface area contributed by atoms with Crippen LogP contribution in [0.2, 0.25) is 0 Å². The Bertz CT molecular complexity index is 674. The summed E-state index contributed by atoms with van der Waals surface area (Å²) in [6.45, 7) is 0. The zero-order valence-corrected chi connectivity index (χ0v) is 11.6. The number of hydrogen-bond donors (Lipinski definition) is 2. The molecule has 0 aliphatic carbocycles. The number of hydrogen-bond acceptors (Lipinski definition) is 6. The van der Waals surface area contributed by atoms with E-state index in [4.69, 9.17) is 33.6 Å². The molecule has 1 aliphatic heterocycles. The minimum atomic E-state index is -4.31. The summed E-state index contributed by atoms with van der Waals surface area (Å²) in [5, 5.41) is 0.840. The number of nitrogens with two attached hydrogens (primary N) is 1. The zero-order chi connectivity index (χ0) is 14.2. The van der Waals surface area contributed by atoms with Crippen molar-refractivity contribution in [2.24, 2.45) is 15.8 Å². The van der Waals surface area contributed by atoms with Crippen LogP contribution in [0.3, 0.4) is 0 Å². The smallest absolute Gasteiger partial charge is 0.282 e. The van der Waals surface area contributed by atoms with Gasteiger partial charge in [0, 0.05) is 0 Å². The van der Waals surface area contributed by atoms with Gasteiger partial charge in [0.1, 0.15) is 0 Å². The number of amidine groups is 2. The summed E-state index contributed by atoms with van der Waals surface area (Å²) in [4.78, 5) is 7.31. The molecule has 102 valence electrons. The van der Waals surface area contributed by atoms with Gasteiger partial charge in [-0.15, -0.1) is 0 Å². The molecule has 0 bridgehead atoms. The lowest BCUT2D eigenvalue weighted by Crippen LogP contribution is -2.40. The SMILES string of the molecule is NN1C(Cl)=NC(Cl)=NC1c1cccc(S(=O)(=O)O)c1. The lowest BCUT2D eigenvalue weighted by molar-refractivity contribution is 0.338. The van der Waals surface area contributed by atoms with E-state index in [1.165, 1.54) is 18.2 Å². The van der Waals surface area contributed by atoms with Gasteiger partial charge in [0.25, 0.3) is 10.1 Å². The Hall–Kier alpha value is -1.19. The van der Waals surface area contributed by atoms with Crippen LogP contribution >= 0.6 is 23.2 Å². The van der Waals surface area contributed by atoms with Crippen LogP contribution in [0.1, 0.15) is 11.7 Å². The summed E-state index contributed by atoms with van der Waals surface area (Å²) in [6.07, 6.45) is -0.820. The van der Waals surface area contributed by atoms with E-state index < -0.39 is 16.3 Å². The molecule has 7 nitrogen and oxygen atoms in total. The second kappa shape index (κ2) is 5.06. The fourth-order valence-corrected chi connectivity index (χ4v) is 2.42. The number of rotatable bonds is 2. The first-order valence-electron chi connectivity index (χ1n) is 4.88. The maximum atomic E-state index is 11.1. The maximum absolute atomic E-state index is 11.1. The van der Waals surface area contributed by atoms with Gasteiger partial charge in [0.15, 0.2) is 6.17 Å². The highest BCUT2D eigenvalue weighted by Gasteiger charge is 2.25. The van der Waals surface area contributed by atoms with Gasteiger partial charge in [-0.3, -0.25) is 9.56 Å². The highest BCUT2D eigenvalue weighted by molar-refractivity contribution is 7.85. The predicted octanol–water partition coefficient (Wildman–Crippen LogP) is 1.31. The van der Waals surface area contributed by atoms with Crippen molar-refractivity contribution >= 4 is 43.9 Å². The number of aliphatic imine (C=N–C) groups is 2. The molecule has 3 N–H and O–H groups in total. The number of benzene rings is 1. The van der Waals surface area contributed by atoms with Crippen LogP contribution < -0.4 is 5.84 Å². The maximum Gasteiger partial charge on any atom is 0.294 e. The normalized spacial score (nSPS) is 20.0. The van der Waals surface area contributed by atoms with Crippen LogP contribution in [0.4, 0.5) is 0 Å². The molecule has 1 aromatic carbocycles. The van der Waals surface area contributed by atoms with Gasteiger partial charge in [-0.2, -0.15) is 13.4 Å². The van der Waals surface area contributed by atoms with Crippen molar-refractivity contribution in [3.8, 4) is 0 Å². The van der Waals surface area contributed by atoms with Gasteiger partial charge in [-0.1, -0.05) is 12.1 Å². The van der Waals surface area contributed by atoms with Crippen LogP contribution in [-0.4, -0.2) is 28.6 Å². The summed E-state index contributed by atoms with van der Waals surface area (Å²) in [5.74, 6) is 5.67. The second-order valence-electron chi connectivity index (χ2n) is 3.61. The van der Waals surface area contributed by atoms with Crippen LogP contribution in [0.25, 0.3) is 0 Å². The average Bonchev–Trinajstić information content (AvgIpc) is 2.33. The van der Waals surface area contributed by atoms with Crippen molar-refractivity contribution in [3.05, 3.63) is 29.8 Å². The largest absolute Gasteiger partial charge is 0.294 e. The van der Waals surface area contributed by atoms with Crippen LogP contribution in [0.15, 0.2) is 39.1 Å². The molecule has 2 rings (SSSR count). The van der Waals surface area contributed by atoms with E-state index >= 15 is 0 Å². The van der Waals surface area contributed by atoms with Gasteiger partial charge in [-0.05, 0) is 40.9 Å². The van der Waals surface area contributed by atoms with Gasteiger partial charge in [-0.25, -0.2) is 10.8 Å². The first-order valence-corrected chi connectivity index (χ1v) is 7.07. The van der Waals surface area contributed by atoms with Crippen LogP contribution in [0, 0.1) is 0 Å². The Morgan fingerprint density at radius 2 is 2.05 bits per heavy atom. The van der Waals surface area contributed by atoms with Gasteiger partial charge in [0.05, 0.1) is 4.90 Å². The van der Waals surface area contributed by atoms with Gasteiger partial charge in [0.2, 0.25) is 10.6 Å². The molecule has 1 heterocycles. The molecule has 0 saturated heterocycles. The van der Waals surface area contributed by atoms with Crippen LogP contribution in [0.5, 0.6) is 0 Å². The molecule has 19 heavy (non-hydrogen) atoms. The Balaban J connectivity index is 2.46. The van der Waals surface area contributed by atoms with Crippen LogP contribution in [-0.2, 0) is 10.1 Å². The third-order valence-electron chi connectivity index (χ3n) is 2.34. The molecule has 0 radical (unpaired) electrons. The van der Waals surface area contributed by atoms with Crippen molar-refractivity contribution in [1.29, 1.82) is 0 Å². The van der Waals surface area contributed by atoms with E-state index in [9.17, 15) is 8.42 Å². The van der Waals surface area contributed by atoms with Crippen molar-refractivity contribution in [2.75, 3.05) is 0 Å². The Kier molecular flexibility index (Phi) is 3.79. The van der Waals surface area contributed by atoms with Crippen molar-refractivity contribution in [3.63, 3.8) is 0 Å². The predicted molar refractivity (Wildman–Crippen MR) is 71.6 cm³/mol. The summed E-state index contributed by atoms with van der Waals surface area (Å²) in [6, 6.07) is 5.48. The Morgan fingerprint density at radius 3 is 2.68 bits per heavy atom. The summed E-state index contributed by atoms with van der Waals surface area (Å²) >= 11 is 11.4. The Morgan fingerprint density at radius 1 is 1.37 bits per heavy atom. The third-order valence-corrected chi connectivity index (χ3v) is 3.66. The first kappa shape index (κ1) is 14.2. The molecule has 0 aromatic heterocycles. The molecule has 0 fully saturated rings. The monoisotopic (exact) mass is 322 g/mol. The van der Waals surface area contributed by atoms with Gasteiger partial charge < -0.3 is 0 Å². The number of hydrazine groups is 1. The highest BCUT2D eigenvalue weighted by Crippen LogP contribution is 2.26. The van der Waals surface area contributed by atoms with E-state index in [2.05, 4.69) is 9.98 Å². The first-order chi connectivity index (χ1) is 8.79. The lowest BCUT2D eigenvalue weighted by atomic mass is 10.2. The third kappa shape index (κ3) is 3.04. The molecule has 0 amide bonds. The minimum absolute atomic E-state index is 0.0812. The van der Waals surface area contributed by atoms with Gasteiger partial charge >= 0.3 is 0 Å². The number of nitrogens with zero attached hydrogens (tertiary/aromatic N) is 3. The minimum Gasteiger partial charge on any atom is -0.282 e. The molecule has 0 spiro atoms. The highest BCUT2D eigenvalue weighted by atomic mass is 35.5. The average molecular weight is 323 g/mol. The summed E-state index contributed by atoms with van der Waals surface area (Å²) < 4.78 is 31.2. The molecule has 1 aliphatic rings. The molecular weight excluding hydrogens is 315 g/mol.